The summed E-state index contributed by atoms with van der Waals surface area (Å²) in [4.78, 5) is 25.6. The van der Waals surface area contributed by atoms with E-state index < -0.39 is 11.9 Å². The molecule has 0 saturated heterocycles. The fourth-order valence-corrected chi connectivity index (χ4v) is 3.93. The van der Waals surface area contributed by atoms with E-state index in [0.717, 1.165) is 0 Å². The van der Waals surface area contributed by atoms with E-state index >= 15 is 0 Å². The van der Waals surface area contributed by atoms with Crippen molar-refractivity contribution in [1.82, 2.24) is 0 Å². The molecule has 1 atom stereocenters. The molecular formula is C22H22ClNO6. The van der Waals surface area contributed by atoms with Gasteiger partial charge in [0.05, 0.1) is 24.7 Å². The molecule has 8 heteroatoms. The molecule has 2 aliphatic rings. The molecule has 0 amide bonds. The van der Waals surface area contributed by atoms with Gasteiger partial charge in [-0.05, 0) is 31.0 Å². The summed E-state index contributed by atoms with van der Waals surface area (Å²) in [5.74, 6) is 1.75. The minimum atomic E-state index is -0.798. The van der Waals surface area contributed by atoms with Gasteiger partial charge < -0.3 is 24.7 Å². The number of hydrogen-bond acceptors (Lipinski definition) is 7. The number of hydrogen-bond donors (Lipinski definition) is 1. The van der Waals surface area contributed by atoms with Crippen molar-refractivity contribution >= 4 is 23.4 Å². The number of halogens is 1. The molecule has 0 fully saturated rings. The Labute approximate surface area is 179 Å². The number of terminal acetylenes is 1. The molecule has 2 N–H and O–H groups in total. The topological polar surface area (TPSA) is 97.1 Å². The summed E-state index contributed by atoms with van der Waals surface area (Å²) in [7, 11) is 1.45. The van der Waals surface area contributed by atoms with Crippen molar-refractivity contribution in [2.45, 2.75) is 32.1 Å². The van der Waals surface area contributed by atoms with Gasteiger partial charge in [-0.25, -0.2) is 4.79 Å². The van der Waals surface area contributed by atoms with Crippen molar-refractivity contribution in [1.29, 1.82) is 0 Å². The van der Waals surface area contributed by atoms with Crippen LogP contribution in [0, 0.1) is 12.3 Å². The minimum Gasteiger partial charge on any atom is -0.493 e. The summed E-state index contributed by atoms with van der Waals surface area (Å²) >= 11 is 6.44. The summed E-state index contributed by atoms with van der Waals surface area (Å²) in [6.07, 6.45) is 6.80. The molecule has 0 bridgehead atoms. The van der Waals surface area contributed by atoms with Gasteiger partial charge in [-0.1, -0.05) is 17.5 Å². The van der Waals surface area contributed by atoms with Crippen molar-refractivity contribution < 1.29 is 28.5 Å². The molecule has 30 heavy (non-hydrogen) atoms. The third kappa shape index (κ3) is 3.96. The Bertz CT molecular complexity index is 988. The van der Waals surface area contributed by atoms with Gasteiger partial charge in [-0.15, -0.1) is 6.42 Å². The molecule has 1 aliphatic heterocycles. The highest BCUT2D eigenvalue weighted by atomic mass is 35.5. The van der Waals surface area contributed by atoms with Gasteiger partial charge in [0.2, 0.25) is 5.88 Å². The van der Waals surface area contributed by atoms with Crippen LogP contribution in [0.15, 0.2) is 34.9 Å². The summed E-state index contributed by atoms with van der Waals surface area (Å²) in [5, 5.41) is 0.221. The van der Waals surface area contributed by atoms with E-state index in [0.29, 0.717) is 41.9 Å². The molecule has 7 nitrogen and oxygen atoms in total. The van der Waals surface area contributed by atoms with E-state index in [1.54, 1.807) is 19.1 Å². The maximum atomic E-state index is 12.8. The molecule has 1 heterocycles. The maximum Gasteiger partial charge on any atom is 0.340 e. The number of Topliss-reactive ketones (excluding diaryl/α,β-unsaturated/α-hetero) is 1. The standard InChI is InChI=1S/C22H22ClNO6/c1-4-9-29-20-13(23)10-12(11-16(20)27-3)17-18-14(25)7-6-8-15(18)30-21(24)19(17)22(26)28-5-2/h1,10-11,17H,5-9,24H2,2-3H3/t17-/m0/s1. The van der Waals surface area contributed by atoms with Gasteiger partial charge in [-0.3, -0.25) is 4.79 Å². The minimum absolute atomic E-state index is 0.00140. The monoisotopic (exact) mass is 431 g/mol. The van der Waals surface area contributed by atoms with E-state index in [4.69, 9.17) is 42.7 Å². The number of methoxy groups -OCH3 is 1. The highest BCUT2D eigenvalue weighted by Crippen LogP contribution is 2.47. The van der Waals surface area contributed by atoms with Gasteiger partial charge in [-0.2, -0.15) is 0 Å². The van der Waals surface area contributed by atoms with Crippen LogP contribution in [-0.2, 0) is 19.1 Å². The Balaban J connectivity index is 2.19. The van der Waals surface area contributed by atoms with E-state index in [1.807, 2.05) is 0 Å². The summed E-state index contributed by atoms with van der Waals surface area (Å²) < 4.78 is 21.7. The first kappa shape index (κ1) is 21.6. The molecule has 0 spiro atoms. The smallest absolute Gasteiger partial charge is 0.340 e. The number of allylic oxidation sites excluding steroid dienone is 2. The summed E-state index contributed by atoms with van der Waals surface area (Å²) in [6, 6.07) is 3.25. The molecule has 158 valence electrons. The lowest BCUT2D eigenvalue weighted by Crippen LogP contribution is -2.31. The Morgan fingerprint density at radius 2 is 2.17 bits per heavy atom. The lowest BCUT2D eigenvalue weighted by molar-refractivity contribution is -0.139. The third-order valence-electron chi connectivity index (χ3n) is 4.86. The molecule has 1 aliphatic carbocycles. The van der Waals surface area contributed by atoms with Crippen LogP contribution in [0.4, 0.5) is 0 Å². The Kier molecular flexibility index (Phi) is 6.58. The lowest BCUT2D eigenvalue weighted by atomic mass is 9.77. The van der Waals surface area contributed by atoms with Crippen LogP contribution >= 0.6 is 11.6 Å². The van der Waals surface area contributed by atoms with Gasteiger partial charge in [0.1, 0.15) is 17.9 Å². The average Bonchev–Trinajstić information content (AvgIpc) is 2.71. The number of benzene rings is 1. The fraction of sp³-hybridized carbons (Fsp3) is 0.364. The Morgan fingerprint density at radius 1 is 1.40 bits per heavy atom. The van der Waals surface area contributed by atoms with E-state index in [-0.39, 0.29) is 41.2 Å². The second-order valence-corrected chi connectivity index (χ2v) is 7.08. The van der Waals surface area contributed by atoms with Crippen molar-refractivity contribution in [3.63, 3.8) is 0 Å². The highest BCUT2D eigenvalue weighted by Gasteiger charge is 2.41. The third-order valence-corrected chi connectivity index (χ3v) is 5.15. The SMILES string of the molecule is C#CCOc1c(Cl)cc([C@@H]2C(C(=O)OCC)=C(N)OC3=C2C(=O)CCC3)cc1OC. The zero-order valence-electron chi connectivity index (χ0n) is 16.7. The summed E-state index contributed by atoms with van der Waals surface area (Å²) in [5.41, 5.74) is 7.06. The van der Waals surface area contributed by atoms with Crippen molar-refractivity contribution in [3.8, 4) is 23.8 Å². The van der Waals surface area contributed by atoms with Crippen LogP contribution in [0.5, 0.6) is 11.5 Å². The largest absolute Gasteiger partial charge is 0.493 e. The number of ether oxygens (including phenoxy) is 4. The van der Waals surface area contributed by atoms with Crippen LogP contribution in [0.3, 0.4) is 0 Å². The Hall–Kier alpha value is -3.11. The predicted octanol–water partition coefficient (Wildman–Crippen LogP) is 3.21. The molecule has 0 unspecified atom stereocenters. The molecule has 0 saturated carbocycles. The quantitative estimate of drug-likeness (QED) is 0.545. The molecule has 3 rings (SSSR count). The van der Waals surface area contributed by atoms with Gasteiger partial charge in [0.15, 0.2) is 17.3 Å². The number of rotatable bonds is 6. The Morgan fingerprint density at radius 3 is 2.83 bits per heavy atom. The number of carbonyl (C=O) groups excluding carboxylic acids is 2. The van der Waals surface area contributed by atoms with E-state index in [2.05, 4.69) is 5.92 Å². The van der Waals surface area contributed by atoms with Gasteiger partial charge >= 0.3 is 5.97 Å². The van der Waals surface area contributed by atoms with Crippen molar-refractivity contribution in [3.05, 3.63) is 45.5 Å². The zero-order chi connectivity index (χ0) is 21.8. The predicted molar refractivity (Wildman–Crippen MR) is 110 cm³/mol. The van der Waals surface area contributed by atoms with Crippen LogP contribution < -0.4 is 15.2 Å². The van der Waals surface area contributed by atoms with Crippen LogP contribution in [0.25, 0.3) is 0 Å². The number of carbonyl (C=O) groups is 2. The number of nitrogens with two attached hydrogens (primary N) is 1. The lowest BCUT2D eigenvalue weighted by Gasteiger charge is -2.32. The van der Waals surface area contributed by atoms with E-state index in [9.17, 15) is 9.59 Å². The first-order chi connectivity index (χ1) is 14.4. The molecule has 0 aromatic heterocycles. The van der Waals surface area contributed by atoms with Crippen LogP contribution in [-0.4, -0.2) is 32.1 Å². The van der Waals surface area contributed by atoms with Crippen molar-refractivity contribution in [2.75, 3.05) is 20.3 Å². The average molecular weight is 432 g/mol. The highest BCUT2D eigenvalue weighted by molar-refractivity contribution is 6.32. The first-order valence-electron chi connectivity index (χ1n) is 9.47. The molecule has 1 aromatic carbocycles. The van der Waals surface area contributed by atoms with Crippen LogP contribution in [0.1, 0.15) is 37.7 Å². The zero-order valence-corrected chi connectivity index (χ0v) is 17.5. The normalized spacial score (nSPS) is 18.3. The van der Waals surface area contributed by atoms with Crippen molar-refractivity contribution in [2.24, 2.45) is 5.73 Å². The van der Waals surface area contributed by atoms with Crippen LogP contribution in [0.2, 0.25) is 5.02 Å². The number of ketones is 1. The molecule has 1 aromatic rings. The second-order valence-electron chi connectivity index (χ2n) is 6.67. The molecular weight excluding hydrogens is 410 g/mol. The summed E-state index contributed by atoms with van der Waals surface area (Å²) in [6.45, 7) is 1.83. The maximum absolute atomic E-state index is 12.8. The van der Waals surface area contributed by atoms with E-state index in [1.165, 1.54) is 7.11 Å². The first-order valence-corrected chi connectivity index (χ1v) is 9.85. The number of esters is 1. The van der Waals surface area contributed by atoms with Gasteiger partial charge in [0.25, 0.3) is 0 Å². The molecule has 0 radical (unpaired) electrons. The fourth-order valence-electron chi connectivity index (χ4n) is 3.66. The second kappa shape index (κ2) is 9.14. The van der Waals surface area contributed by atoms with Gasteiger partial charge in [0, 0.05) is 18.4 Å².